The smallest absolute Gasteiger partial charge is 0.313 e. The Morgan fingerprint density at radius 1 is 1.38 bits per heavy atom. The van der Waals surface area contributed by atoms with Gasteiger partial charge in [-0.05, 0) is 17.9 Å². The summed E-state index contributed by atoms with van der Waals surface area (Å²) in [5, 5.41) is 11.3. The van der Waals surface area contributed by atoms with Gasteiger partial charge in [0.25, 0.3) is 5.69 Å². The van der Waals surface area contributed by atoms with Crippen LogP contribution in [0.3, 0.4) is 0 Å². The second-order valence-electron chi connectivity index (χ2n) is 6.10. The van der Waals surface area contributed by atoms with E-state index in [1.165, 1.54) is 19.2 Å². The molecule has 24 heavy (non-hydrogen) atoms. The summed E-state index contributed by atoms with van der Waals surface area (Å²) in [5.41, 5.74) is 0.363. The van der Waals surface area contributed by atoms with Crippen molar-refractivity contribution in [3.05, 3.63) is 39.4 Å². The molecule has 0 spiro atoms. The molecule has 1 saturated carbocycles. The lowest BCUT2D eigenvalue weighted by Gasteiger charge is -2.19. The summed E-state index contributed by atoms with van der Waals surface area (Å²) in [7, 11) is -1.46. The van der Waals surface area contributed by atoms with E-state index >= 15 is 0 Å². The van der Waals surface area contributed by atoms with E-state index in [-0.39, 0.29) is 11.3 Å². The topological polar surface area (TPSA) is 104 Å². The number of ether oxygens (including phenoxy) is 1. The van der Waals surface area contributed by atoms with Crippen molar-refractivity contribution in [2.45, 2.75) is 43.8 Å². The van der Waals surface area contributed by atoms with Crippen LogP contribution in [0.1, 0.15) is 49.1 Å². The first-order valence-electron chi connectivity index (χ1n) is 7.89. The minimum atomic E-state index is -2.77. The molecule has 1 aromatic carbocycles. The van der Waals surface area contributed by atoms with E-state index < -0.39 is 33.3 Å². The van der Waals surface area contributed by atoms with Gasteiger partial charge < -0.3 is 4.74 Å². The second kappa shape index (κ2) is 8.23. The third-order valence-electron chi connectivity index (χ3n) is 4.54. The quantitative estimate of drug-likeness (QED) is 0.349. The fourth-order valence-electron chi connectivity index (χ4n) is 3.33. The van der Waals surface area contributed by atoms with E-state index in [1.807, 2.05) is 0 Å². The van der Waals surface area contributed by atoms with Crippen molar-refractivity contribution >= 4 is 22.4 Å². The number of rotatable bonds is 7. The largest absolute Gasteiger partial charge is 0.469 e. The Hall–Kier alpha value is -1.96. The number of carbonyl (C=O) groups is 1. The summed E-state index contributed by atoms with van der Waals surface area (Å²) in [5.74, 6) is -0.966. The van der Waals surface area contributed by atoms with Crippen LogP contribution in [0, 0.1) is 16.0 Å². The number of nitro benzene ring substituents is 1. The Labute approximate surface area is 142 Å². The van der Waals surface area contributed by atoms with Gasteiger partial charge in [-0.1, -0.05) is 37.8 Å². The lowest BCUT2D eigenvalue weighted by Crippen LogP contribution is -2.17. The van der Waals surface area contributed by atoms with Crippen molar-refractivity contribution in [3.63, 3.8) is 0 Å². The molecule has 8 heteroatoms. The highest BCUT2D eigenvalue weighted by Gasteiger charge is 2.29. The third kappa shape index (κ3) is 4.53. The standard InChI is InChI=1S/C16H21NO6S/c1-23-16(18)14(8-11-4-2-3-5-11)12-6-7-13(10-24(21)22)15(9-12)17(19)20/h6-7,9,11,14,24H,2-5,8,10H2,1H3. The molecule has 1 aliphatic rings. The number of methoxy groups -OCH3 is 1. The maximum absolute atomic E-state index is 12.2. The molecule has 1 aromatic rings. The molecule has 0 aliphatic heterocycles. The van der Waals surface area contributed by atoms with Gasteiger partial charge in [-0.3, -0.25) is 14.9 Å². The van der Waals surface area contributed by atoms with Crippen molar-refractivity contribution in [2.24, 2.45) is 5.92 Å². The molecule has 0 bridgehead atoms. The molecule has 132 valence electrons. The Balaban J connectivity index is 2.35. The summed E-state index contributed by atoms with van der Waals surface area (Å²) in [4.78, 5) is 22.8. The number of thiol groups is 1. The zero-order chi connectivity index (χ0) is 17.7. The average molecular weight is 355 g/mol. The molecule has 2 rings (SSSR count). The van der Waals surface area contributed by atoms with Crippen molar-refractivity contribution in [3.8, 4) is 0 Å². The van der Waals surface area contributed by atoms with Crippen LogP contribution in [-0.2, 0) is 26.0 Å². The van der Waals surface area contributed by atoms with Gasteiger partial charge in [-0.15, -0.1) is 0 Å². The number of hydrogen-bond donors (Lipinski definition) is 1. The fraction of sp³-hybridized carbons (Fsp3) is 0.562. The molecule has 1 unspecified atom stereocenters. The molecule has 0 amide bonds. The van der Waals surface area contributed by atoms with Gasteiger partial charge in [0.1, 0.15) is 10.7 Å². The van der Waals surface area contributed by atoms with Crippen LogP contribution in [0.15, 0.2) is 18.2 Å². The summed E-state index contributed by atoms with van der Waals surface area (Å²) >= 11 is 0. The summed E-state index contributed by atoms with van der Waals surface area (Å²) in [6, 6.07) is 4.32. The van der Waals surface area contributed by atoms with E-state index in [1.54, 1.807) is 6.07 Å². The molecule has 1 aliphatic carbocycles. The predicted octanol–water partition coefficient (Wildman–Crippen LogP) is 2.54. The summed E-state index contributed by atoms with van der Waals surface area (Å²) in [6.45, 7) is 0. The van der Waals surface area contributed by atoms with Crippen LogP contribution >= 0.6 is 0 Å². The van der Waals surface area contributed by atoms with Crippen molar-refractivity contribution in [1.82, 2.24) is 0 Å². The minimum Gasteiger partial charge on any atom is -0.469 e. The SMILES string of the molecule is COC(=O)C(CC1CCCC1)c1ccc(C[SH](=O)=O)c([N+](=O)[O-])c1. The highest BCUT2D eigenvalue weighted by atomic mass is 32.2. The monoisotopic (exact) mass is 355 g/mol. The summed E-state index contributed by atoms with van der Waals surface area (Å²) in [6.07, 6.45) is 4.95. The lowest BCUT2D eigenvalue weighted by molar-refractivity contribution is -0.385. The minimum absolute atomic E-state index is 0.129. The van der Waals surface area contributed by atoms with Gasteiger partial charge in [0, 0.05) is 11.6 Å². The molecule has 0 aromatic heterocycles. The molecule has 0 radical (unpaired) electrons. The zero-order valence-corrected chi connectivity index (χ0v) is 14.4. The van der Waals surface area contributed by atoms with E-state index in [4.69, 9.17) is 4.74 Å². The van der Waals surface area contributed by atoms with Gasteiger partial charge >= 0.3 is 5.97 Å². The fourth-order valence-corrected chi connectivity index (χ4v) is 3.88. The van der Waals surface area contributed by atoms with Crippen molar-refractivity contribution in [1.29, 1.82) is 0 Å². The molecular formula is C16H21NO6S. The molecular weight excluding hydrogens is 334 g/mol. The maximum Gasteiger partial charge on any atom is 0.313 e. The Bertz CT molecular complexity index is 686. The summed E-state index contributed by atoms with van der Waals surface area (Å²) < 4.78 is 26.6. The van der Waals surface area contributed by atoms with Crippen LogP contribution < -0.4 is 0 Å². The molecule has 0 saturated heterocycles. The van der Waals surface area contributed by atoms with Gasteiger partial charge in [0.15, 0.2) is 0 Å². The molecule has 1 atom stereocenters. The van der Waals surface area contributed by atoms with Crippen LogP contribution in [0.2, 0.25) is 0 Å². The highest BCUT2D eigenvalue weighted by molar-refractivity contribution is 7.71. The average Bonchev–Trinajstić information content (AvgIpc) is 3.05. The first-order valence-corrected chi connectivity index (χ1v) is 9.25. The van der Waals surface area contributed by atoms with E-state index in [2.05, 4.69) is 0 Å². The number of nitrogens with zero attached hydrogens (tertiary/aromatic N) is 1. The zero-order valence-electron chi connectivity index (χ0n) is 13.5. The van der Waals surface area contributed by atoms with Crippen LogP contribution in [0.4, 0.5) is 5.69 Å². The number of esters is 1. The van der Waals surface area contributed by atoms with Crippen LogP contribution in [0.5, 0.6) is 0 Å². The van der Waals surface area contributed by atoms with Gasteiger partial charge in [-0.2, -0.15) is 0 Å². The third-order valence-corrected chi connectivity index (χ3v) is 5.14. The number of hydrogen-bond acceptors (Lipinski definition) is 6. The maximum atomic E-state index is 12.2. The molecule has 0 heterocycles. The first kappa shape index (κ1) is 18.4. The normalized spacial score (nSPS) is 16.2. The molecule has 7 nitrogen and oxygen atoms in total. The predicted molar refractivity (Wildman–Crippen MR) is 88.4 cm³/mol. The van der Waals surface area contributed by atoms with Crippen LogP contribution in [0.25, 0.3) is 0 Å². The highest BCUT2D eigenvalue weighted by Crippen LogP contribution is 2.36. The Morgan fingerprint density at radius 2 is 2.04 bits per heavy atom. The first-order chi connectivity index (χ1) is 11.4. The van der Waals surface area contributed by atoms with Crippen molar-refractivity contribution < 1.29 is 22.9 Å². The second-order valence-corrected chi connectivity index (χ2v) is 7.08. The number of nitro groups is 1. The Kier molecular flexibility index (Phi) is 6.30. The van der Waals surface area contributed by atoms with E-state index in [9.17, 15) is 23.3 Å². The Morgan fingerprint density at radius 3 is 2.58 bits per heavy atom. The van der Waals surface area contributed by atoms with E-state index in [0.29, 0.717) is 17.9 Å². The van der Waals surface area contributed by atoms with Gasteiger partial charge in [0.2, 0.25) is 0 Å². The number of carbonyl (C=O) groups excluding carboxylic acids is 1. The van der Waals surface area contributed by atoms with Gasteiger partial charge in [0.05, 0.1) is 23.7 Å². The molecule has 0 N–H and O–H groups in total. The van der Waals surface area contributed by atoms with Crippen molar-refractivity contribution in [2.75, 3.05) is 7.11 Å². The van der Waals surface area contributed by atoms with Gasteiger partial charge in [-0.25, -0.2) is 8.42 Å². The lowest BCUT2D eigenvalue weighted by atomic mass is 9.87. The van der Waals surface area contributed by atoms with E-state index in [0.717, 1.165) is 25.7 Å². The molecule has 1 fully saturated rings. The van der Waals surface area contributed by atoms with Crippen LogP contribution in [-0.4, -0.2) is 26.4 Å². The number of benzene rings is 1.